The van der Waals surface area contributed by atoms with Crippen LogP contribution in [0.5, 0.6) is 5.75 Å². The van der Waals surface area contributed by atoms with Crippen LogP contribution in [0, 0.1) is 0 Å². The van der Waals surface area contributed by atoms with Crippen LogP contribution in [-0.4, -0.2) is 39.0 Å². The average molecular weight is 511 g/mol. The van der Waals surface area contributed by atoms with E-state index in [0.717, 1.165) is 16.6 Å². The monoisotopic (exact) mass is 510 g/mol. The molecule has 0 atom stereocenters. The van der Waals surface area contributed by atoms with Crippen molar-refractivity contribution < 1.29 is 17.9 Å². The average Bonchev–Trinajstić information content (AvgIpc) is 2.86. The lowest BCUT2D eigenvalue weighted by Gasteiger charge is -2.11. The van der Waals surface area contributed by atoms with E-state index in [4.69, 9.17) is 16.3 Å². The molecule has 0 aliphatic carbocycles. The van der Waals surface area contributed by atoms with Crippen LogP contribution < -0.4 is 20.1 Å². The van der Waals surface area contributed by atoms with Crippen molar-refractivity contribution in [2.45, 2.75) is 4.90 Å². The molecule has 0 aliphatic rings. The molecule has 4 rings (SSSR count). The molecule has 1 heterocycles. The molecule has 0 radical (unpaired) electrons. The molecule has 8 nitrogen and oxygen atoms in total. The molecule has 0 bridgehead atoms. The number of para-hydroxylation sites is 1. The Balaban J connectivity index is 1.22. The number of carbonyl (C=O) groups excluding carboxylic acids is 1. The topological polar surface area (TPSA) is 109 Å². The van der Waals surface area contributed by atoms with E-state index < -0.39 is 10.0 Å². The highest BCUT2D eigenvalue weighted by molar-refractivity contribution is 7.92. The number of hydrogen-bond acceptors (Lipinski definition) is 6. The number of anilines is 2. The smallest absolute Gasteiger partial charge is 0.261 e. The fourth-order valence-electron chi connectivity index (χ4n) is 3.31. The number of benzene rings is 3. The fourth-order valence-corrected chi connectivity index (χ4v) is 4.53. The lowest BCUT2D eigenvalue weighted by Crippen LogP contribution is -2.32. The van der Waals surface area contributed by atoms with Gasteiger partial charge in [0, 0.05) is 41.1 Å². The second kappa shape index (κ2) is 11.1. The molecule has 35 heavy (non-hydrogen) atoms. The third-order valence-electron chi connectivity index (χ3n) is 5.00. The van der Waals surface area contributed by atoms with E-state index >= 15 is 0 Å². The van der Waals surface area contributed by atoms with Crippen LogP contribution in [0.1, 0.15) is 0 Å². The molecule has 0 saturated carbocycles. The van der Waals surface area contributed by atoms with Crippen LogP contribution in [0.2, 0.25) is 5.02 Å². The van der Waals surface area contributed by atoms with Crippen molar-refractivity contribution in [2.75, 3.05) is 29.7 Å². The number of ether oxygens (including phenoxy) is 1. The van der Waals surface area contributed by atoms with Crippen LogP contribution in [-0.2, 0) is 14.8 Å². The fraction of sp³-hybridized carbons (Fsp3) is 0.120. The molecule has 0 spiro atoms. The third-order valence-corrected chi connectivity index (χ3v) is 6.63. The largest absolute Gasteiger partial charge is 0.484 e. The van der Waals surface area contributed by atoms with Gasteiger partial charge in [0.25, 0.3) is 15.9 Å². The maximum absolute atomic E-state index is 12.5. The molecule has 4 aromatic rings. The van der Waals surface area contributed by atoms with E-state index in [1.165, 1.54) is 24.3 Å². The number of rotatable bonds is 10. The maximum atomic E-state index is 12.5. The van der Waals surface area contributed by atoms with Crippen molar-refractivity contribution in [2.24, 2.45) is 0 Å². The molecule has 0 saturated heterocycles. The number of aromatic nitrogens is 1. The summed E-state index contributed by atoms with van der Waals surface area (Å²) in [5.74, 6) is 0.0967. The molecule has 10 heteroatoms. The highest BCUT2D eigenvalue weighted by Gasteiger charge is 2.14. The van der Waals surface area contributed by atoms with Crippen LogP contribution >= 0.6 is 11.6 Å². The summed E-state index contributed by atoms with van der Waals surface area (Å²) in [7, 11) is -3.72. The summed E-state index contributed by atoms with van der Waals surface area (Å²) in [4.78, 5) is 16.5. The summed E-state index contributed by atoms with van der Waals surface area (Å²) < 4.78 is 32.9. The Bertz CT molecular complexity index is 1410. The Labute approximate surface area is 208 Å². The first kappa shape index (κ1) is 24.3. The molecule has 0 unspecified atom stereocenters. The zero-order valence-corrected chi connectivity index (χ0v) is 20.1. The van der Waals surface area contributed by atoms with Crippen molar-refractivity contribution >= 4 is 49.8 Å². The van der Waals surface area contributed by atoms with Gasteiger partial charge in [0.15, 0.2) is 6.61 Å². The number of carbonyl (C=O) groups is 1. The summed E-state index contributed by atoms with van der Waals surface area (Å²) in [5, 5.41) is 7.61. The van der Waals surface area contributed by atoms with Gasteiger partial charge in [0.1, 0.15) is 5.75 Å². The van der Waals surface area contributed by atoms with Gasteiger partial charge in [-0.1, -0.05) is 29.8 Å². The number of nitrogens with one attached hydrogen (secondary N) is 3. The first-order chi connectivity index (χ1) is 16.9. The third kappa shape index (κ3) is 6.62. The lowest BCUT2D eigenvalue weighted by atomic mass is 10.2. The van der Waals surface area contributed by atoms with Gasteiger partial charge in [-0.05, 0) is 60.7 Å². The zero-order chi connectivity index (χ0) is 24.7. The number of nitrogens with zero attached hydrogens (tertiary/aromatic N) is 1. The SMILES string of the molecule is O=C(COc1ccc(S(=O)(=O)Nc2ccccc2)cc1)NCCNc1ccnc2cc(Cl)ccc12. The van der Waals surface area contributed by atoms with E-state index in [2.05, 4.69) is 20.3 Å². The predicted molar refractivity (Wildman–Crippen MR) is 137 cm³/mol. The molecular formula is C25H23ClN4O4S. The first-order valence-corrected chi connectivity index (χ1v) is 12.6. The first-order valence-electron chi connectivity index (χ1n) is 10.8. The van der Waals surface area contributed by atoms with Gasteiger partial charge < -0.3 is 15.4 Å². The van der Waals surface area contributed by atoms with E-state index in [1.807, 2.05) is 12.1 Å². The molecule has 0 fully saturated rings. The molecule has 180 valence electrons. The minimum Gasteiger partial charge on any atom is -0.484 e. The van der Waals surface area contributed by atoms with E-state index in [-0.39, 0.29) is 17.4 Å². The van der Waals surface area contributed by atoms with Crippen molar-refractivity contribution in [3.63, 3.8) is 0 Å². The second-order valence-electron chi connectivity index (χ2n) is 7.53. The van der Waals surface area contributed by atoms with Gasteiger partial charge in [-0.3, -0.25) is 14.5 Å². The quantitative estimate of drug-likeness (QED) is 0.274. The number of fused-ring (bicyclic) bond motifs is 1. The number of amides is 1. The number of halogens is 1. The zero-order valence-electron chi connectivity index (χ0n) is 18.6. The van der Waals surface area contributed by atoms with E-state index in [0.29, 0.717) is 29.5 Å². The summed E-state index contributed by atoms with van der Waals surface area (Å²) in [5.41, 5.74) is 2.16. The summed E-state index contributed by atoms with van der Waals surface area (Å²) in [6, 6.07) is 21.8. The van der Waals surface area contributed by atoms with E-state index in [9.17, 15) is 13.2 Å². The minimum absolute atomic E-state index is 0.0927. The summed E-state index contributed by atoms with van der Waals surface area (Å²) >= 11 is 6.01. The summed E-state index contributed by atoms with van der Waals surface area (Å²) in [6.45, 7) is 0.710. The van der Waals surface area contributed by atoms with Crippen molar-refractivity contribution in [3.05, 3.63) is 90.1 Å². The van der Waals surface area contributed by atoms with Gasteiger partial charge in [-0.15, -0.1) is 0 Å². The van der Waals surface area contributed by atoms with Crippen LogP contribution in [0.3, 0.4) is 0 Å². The van der Waals surface area contributed by atoms with Gasteiger partial charge in [0.2, 0.25) is 0 Å². The Hall–Kier alpha value is -3.82. The highest BCUT2D eigenvalue weighted by Crippen LogP contribution is 2.24. The standard InChI is InChI=1S/C25H23ClN4O4S/c26-18-6-11-22-23(12-13-27-24(22)16-18)28-14-15-29-25(31)17-34-20-7-9-21(10-8-20)35(32,33)30-19-4-2-1-3-5-19/h1-13,16,30H,14-15,17H2,(H,27,28)(H,29,31). The second-order valence-corrected chi connectivity index (χ2v) is 9.65. The number of pyridine rings is 1. The molecule has 0 aliphatic heterocycles. The number of hydrogen-bond donors (Lipinski definition) is 3. The Morgan fingerprint density at radius 3 is 2.49 bits per heavy atom. The molecule has 3 N–H and O–H groups in total. The molecule has 3 aromatic carbocycles. The molecular weight excluding hydrogens is 488 g/mol. The lowest BCUT2D eigenvalue weighted by molar-refractivity contribution is -0.123. The van der Waals surface area contributed by atoms with Crippen LogP contribution in [0.25, 0.3) is 10.9 Å². The Kier molecular flexibility index (Phi) is 7.69. The normalized spacial score (nSPS) is 11.1. The van der Waals surface area contributed by atoms with Gasteiger partial charge in [0.05, 0.1) is 10.4 Å². The Morgan fingerprint density at radius 2 is 1.71 bits per heavy atom. The Morgan fingerprint density at radius 1 is 0.943 bits per heavy atom. The van der Waals surface area contributed by atoms with Gasteiger partial charge in [-0.25, -0.2) is 8.42 Å². The van der Waals surface area contributed by atoms with Crippen molar-refractivity contribution in [1.82, 2.24) is 10.3 Å². The van der Waals surface area contributed by atoms with Gasteiger partial charge >= 0.3 is 0 Å². The van der Waals surface area contributed by atoms with E-state index in [1.54, 1.807) is 48.7 Å². The number of sulfonamides is 1. The maximum Gasteiger partial charge on any atom is 0.261 e. The predicted octanol–water partition coefficient (Wildman–Crippen LogP) is 4.30. The van der Waals surface area contributed by atoms with Gasteiger partial charge in [-0.2, -0.15) is 0 Å². The van der Waals surface area contributed by atoms with Crippen molar-refractivity contribution in [3.8, 4) is 5.75 Å². The van der Waals surface area contributed by atoms with Crippen molar-refractivity contribution in [1.29, 1.82) is 0 Å². The van der Waals surface area contributed by atoms with Crippen LogP contribution in [0.15, 0.2) is 90.0 Å². The molecule has 1 amide bonds. The minimum atomic E-state index is -3.72. The molecule has 1 aromatic heterocycles. The summed E-state index contributed by atoms with van der Waals surface area (Å²) in [6.07, 6.45) is 1.70. The van der Waals surface area contributed by atoms with Crippen LogP contribution in [0.4, 0.5) is 11.4 Å². The highest BCUT2D eigenvalue weighted by atomic mass is 35.5.